The van der Waals surface area contributed by atoms with Crippen LogP contribution in [0.15, 0.2) is 162 Å². The predicted octanol–water partition coefficient (Wildman–Crippen LogP) is 14.7. The zero-order chi connectivity index (χ0) is 46.3. The fourth-order valence-electron chi connectivity index (χ4n) is 8.45. The van der Waals surface area contributed by atoms with Gasteiger partial charge in [0.15, 0.2) is 0 Å². The smallest absolute Gasteiger partial charge is 0 e. The first-order valence-electron chi connectivity index (χ1n) is 23.2. The second-order valence-corrected chi connectivity index (χ2v) is 28.6. The number of benzene rings is 6. The van der Waals surface area contributed by atoms with E-state index in [2.05, 4.69) is 144 Å². The Morgan fingerprint density at radius 2 is 1.37 bits per heavy atom. The molecule has 0 aliphatic heterocycles. The van der Waals surface area contributed by atoms with Gasteiger partial charge in [-0.25, -0.2) is 4.98 Å². The minimum atomic E-state index is -2.30. The molecule has 5 nitrogen and oxygen atoms in total. The van der Waals surface area contributed by atoms with Gasteiger partial charge in [-0.1, -0.05) is 81.1 Å². The van der Waals surface area contributed by atoms with Gasteiger partial charge in [-0.2, -0.15) is 0 Å². The number of para-hydroxylation sites is 2. The largest absolute Gasteiger partial charge is 0 e. The van der Waals surface area contributed by atoms with E-state index in [1.165, 1.54) is 27.9 Å². The van der Waals surface area contributed by atoms with Gasteiger partial charge in [0.1, 0.15) is 0 Å². The van der Waals surface area contributed by atoms with Crippen LogP contribution in [0, 0.1) is 19.1 Å². The van der Waals surface area contributed by atoms with Crippen LogP contribution in [0.1, 0.15) is 70.2 Å². The predicted molar refractivity (Wildman–Crippen MR) is 270 cm³/mol. The number of hydrogen-bond donors (Lipinski definition) is 0. The molecule has 0 atom stereocenters. The first-order chi connectivity index (χ1) is 31.7. The number of hydrogen-bond acceptors (Lipinski definition) is 4. The summed E-state index contributed by atoms with van der Waals surface area (Å²) in [5.74, 6) is 8.22. The average Bonchev–Trinajstić information content (AvgIpc) is 3.90. The molecule has 4 aromatic heterocycles. The van der Waals surface area contributed by atoms with Gasteiger partial charge in [0, 0.05) is 36.9 Å². The summed E-state index contributed by atoms with van der Waals surface area (Å²) in [6, 6.07) is 57.6. The topological polar surface area (TPSA) is 56.7 Å². The molecular weight excluding hydrogens is 1030 g/mol. The van der Waals surface area contributed by atoms with Crippen LogP contribution in [0.4, 0.5) is 0 Å². The van der Waals surface area contributed by atoms with E-state index in [4.69, 9.17) is 12.1 Å². The molecule has 7 heteroatoms. The molecule has 0 aliphatic carbocycles. The minimum absolute atomic E-state index is 0. The Labute approximate surface area is 402 Å². The van der Waals surface area contributed by atoms with Crippen molar-refractivity contribution in [2.45, 2.75) is 70.1 Å². The molecular formula is C58H54GeIrN4O-2. The fourth-order valence-corrected chi connectivity index (χ4v) is 11.4. The molecule has 65 heavy (non-hydrogen) atoms. The maximum absolute atomic E-state index is 8.85. The molecule has 10 rings (SSSR count). The molecule has 6 aromatic carbocycles. The van der Waals surface area contributed by atoms with Crippen LogP contribution in [-0.2, 0) is 26.5 Å². The van der Waals surface area contributed by atoms with E-state index in [0.29, 0.717) is 23.1 Å². The van der Waals surface area contributed by atoms with E-state index >= 15 is 0 Å². The zero-order valence-electron chi connectivity index (χ0n) is 40.2. The van der Waals surface area contributed by atoms with Crippen molar-refractivity contribution in [2.24, 2.45) is 0 Å². The van der Waals surface area contributed by atoms with Crippen LogP contribution < -0.4 is 4.40 Å². The summed E-state index contributed by atoms with van der Waals surface area (Å²) in [6.07, 6.45) is 0.341. The molecule has 0 saturated heterocycles. The molecule has 0 fully saturated rings. The van der Waals surface area contributed by atoms with Crippen LogP contribution in [0.5, 0.6) is 0 Å². The summed E-state index contributed by atoms with van der Waals surface area (Å²) in [5, 5.41) is 2.02. The SMILES string of the molecule is Cc1ccc2c(n1)oc1c(-c3nc4ccccc4n3-c3c(C(C)C)cc(-c4ccccc4)cc3C(C)C)[c-]ccc12.[2H]C([2H])(c1ccccc1)c1cc(-c2[c-]cccc2)nc[c]1[Ge]([CH3])([CH3])[CH3].[Ir]. The van der Waals surface area contributed by atoms with E-state index < -0.39 is 19.6 Å². The van der Waals surface area contributed by atoms with Gasteiger partial charge in [-0.15, -0.1) is 18.2 Å². The number of pyridine rings is 2. The van der Waals surface area contributed by atoms with E-state index in [1.807, 2.05) is 92.0 Å². The van der Waals surface area contributed by atoms with Gasteiger partial charge in [0.2, 0.25) is 5.71 Å². The second kappa shape index (κ2) is 19.3. The molecule has 0 amide bonds. The van der Waals surface area contributed by atoms with Crippen LogP contribution in [0.25, 0.3) is 72.6 Å². The minimum Gasteiger partial charge on any atom is 0 e. The van der Waals surface area contributed by atoms with E-state index in [0.717, 1.165) is 65.7 Å². The van der Waals surface area contributed by atoms with Gasteiger partial charge in [0.05, 0.1) is 22.4 Å². The zero-order valence-corrected chi connectivity index (χ0v) is 42.7. The van der Waals surface area contributed by atoms with Gasteiger partial charge in [-0.3, -0.25) is 4.98 Å². The monoisotopic (exact) mass is 1090 g/mol. The van der Waals surface area contributed by atoms with Gasteiger partial charge in [-0.05, 0) is 77.4 Å². The fraction of sp³-hybridized carbons (Fsp3) is 0.190. The molecule has 0 aliphatic rings. The Bertz CT molecular complexity index is 3310. The Morgan fingerprint density at radius 3 is 2.05 bits per heavy atom. The number of fused-ring (bicyclic) bond motifs is 4. The van der Waals surface area contributed by atoms with Gasteiger partial charge in [0.25, 0.3) is 0 Å². The Kier molecular flexibility index (Phi) is 12.8. The van der Waals surface area contributed by atoms with Crippen molar-refractivity contribution in [2.75, 3.05) is 0 Å². The standard InChI is InChI=1S/C37H32N3O.C21H22GeN.Ir/c1-22(2)30-20-26(25-12-7-6-8-13-25)21-31(23(3)4)34(30)40-33-17-10-9-16-32(33)39-36(40)29-15-11-14-27-28-19-18-24(5)38-37(28)41-35(27)29;1-22(2,3)20-16-23-21(18-12-8-5-9-13-18)15-19(20)14-17-10-6-4-7-11-17;/h6-14,16-23H,1-5H3;4-12,15-16H,14H2,1-3H3;/q2*-1;/i;14D2;. The average molecular weight is 1090 g/mol. The van der Waals surface area contributed by atoms with Crippen molar-refractivity contribution in [1.82, 2.24) is 19.5 Å². The van der Waals surface area contributed by atoms with Crippen molar-refractivity contribution in [3.8, 4) is 39.5 Å². The number of aryl methyl sites for hydroxylation is 1. The molecule has 4 heterocycles. The summed E-state index contributed by atoms with van der Waals surface area (Å²) in [4.78, 5) is 14.5. The summed E-state index contributed by atoms with van der Waals surface area (Å²) in [7, 11) is 0. The first-order valence-corrected chi connectivity index (χ1v) is 29.5. The van der Waals surface area contributed by atoms with Crippen molar-refractivity contribution in [3.05, 3.63) is 198 Å². The van der Waals surface area contributed by atoms with Crippen LogP contribution in [-0.4, -0.2) is 32.8 Å². The molecule has 10 aromatic rings. The van der Waals surface area contributed by atoms with Crippen LogP contribution in [0.2, 0.25) is 17.3 Å². The van der Waals surface area contributed by atoms with E-state index in [9.17, 15) is 0 Å². The summed E-state index contributed by atoms with van der Waals surface area (Å²) < 4.78 is 27.6. The number of imidazole rings is 1. The molecule has 0 unspecified atom stereocenters. The van der Waals surface area contributed by atoms with Crippen LogP contribution >= 0.6 is 0 Å². The Balaban J connectivity index is 0.000000201. The summed E-state index contributed by atoms with van der Waals surface area (Å²) >= 11 is -2.30. The molecule has 0 spiro atoms. The Morgan fingerprint density at radius 1 is 0.692 bits per heavy atom. The maximum atomic E-state index is 8.85. The molecule has 0 N–H and O–H groups in total. The summed E-state index contributed by atoms with van der Waals surface area (Å²) in [6.45, 7) is 11.1. The quantitative estimate of drug-likeness (QED) is 0.107. The van der Waals surface area contributed by atoms with Gasteiger partial charge >= 0.3 is 144 Å². The van der Waals surface area contributed by atoms with Crippen LogP contribution in [0.3, 0.4) is 0 Å². The normalized spacial score (nSPS) is 12.3. The second-order valence-electron chi connectivity index (χ2n) is 18.1. The molecule has 1 radical (unpaired) electrons. The number of aromatic nitrogens is 4. The van der Waals surface area contributed by atoms with Crippen molar-refractivity contribution in [3.63, 3.8) is 0 Å². The third-order valence-corrected chi connectivity index (χ3v) is 15.9. The number of furan rings is 1. The Hall–Kier alpha value is -5.92. The maximum Gasteiger partial charge on any atom is 0 e. The number of rotatable bonds is 9. The third kappa shape index (κ3) is 9.44. The summed E-state index contributed by atoms with van der Waals surface area (Å²) in [5.41, 5.74) is 14.5. The van der Waals surface area contributed by atoms with Crippen molar-refractivity contribution in [1.29, 1.82) is 0 Å². The number of nitrogens with zero attached hydrogens (tertiary/aromatic N) is 4. The van der Waals surface area contributed by atoms with E-state index in [-0.39, 0.29) is 20.1 Å². The molecule has 0 bridgehead atoms. The van der Waals surface area contributed by atoms with Crippen molar-refractivity contribution >= 4 is 50.8 Å². The van der Waals surface area contributed by atoms with Crippen molar-refractivity contribution < 1.29 is 27.3 Å². The van der Waals surface area contributed by atoms with E-state index in [1.54, 1.807) is 0 Å². The first kappa shape index (κ1) is 43.0. The molecule has 0 saturated carbocycles. The third-order valence-electron chi connectivity index (χ3n) is 11.7. The van der Waals surface area contributed by atoms with Gasteiger partial charge < -0.3 is 8.98 Å². The molecule has 327 valence electrons.